The van der Waals surface area contributed by atoms with Gasteiger partial charge in [0.25, 0.3) is 11.8 Å². The van der Waals surface area contributed by atoms with Crippen molar-refractivity contribution in [3.63, 3.8) is 0 Å². The summed E-state index contributed by atoms with van der Waals surface area (Å²) in [7, 11) is 0. The van der Waals surface area contributed by atoms with Crippen LogP contribution < -0.4 is 5.32 Å². The van der Waals surface area contributed by atoms with Crippen LogP contribution in [-0.4, -0.2) is 131 Å². The van der Waals surface area contributed by atoms with Gasteiger partial charge in [-0.2, -0.15) is 5.21 Å². The smallest absolute Gasteiger partial charge is 0.300 e. The summed E-state index contributed by atoms with van der Waals surface area (Å²) in [5, 5.41) is 19.3. The molecule has 2 aromatic carbocycles. The number of rotatable bonds is 8. The molecule has 1 aliphatic carbocycles. The molecular weight excluding hydrogens is 638 g/mol. The summed E-state index contributed by atoms with van der Waals surface area (Å²) in [5.74, 6) is 0.307. The van der Waals surface area contributed by atoms with Gasteiger partial charge in [0, 0.05) is 56.3 Å². The van der Waals surface area contributed by atoms with E-state index in [-0.39, 0.29) is 30.3 Å². The van der Waals surface area contributed by atoms with Crippen LogP contribution in [0.3, 0.4) is 0 Å². The molecular formula is C36H43N9O5. The monoisotopic (exact) mass is 681 g/mol. The maximum atomic E-state index is 13.6. The molecule has 3 aliphatic heterocycles. The lowest BCUT2D eigenvalue weighted by atomic mass is 9.67. The molecule has 50 heavy (non-hydrogen) atoms. The molecule has 14 heteroatoms. The standard InChI is InChI=1S/C36H43N9O5/c1-24(38-23-32(46)45-11-3-4-31(45)37-2)22-36(35-39-41-42-40-35)29-9-7-27(33(47)43-12-16-49-17-13-43)20-25(29)5-6-26-21-28(8-10-30(26)36)34(48)44-14-18-50-19-15-44/h7-10,20-21,24,31,38H,3-6,11-19,22-23H2,1H3,(H,39,40,41,42)/t24-,31-/m0/s1. The molecule has 2 atom stereocenters. The number of aromatic nitrogens is 4. The van der Waals surface area contributed by atoms with Gasteiger partial charge in [0.05, 0.1) is 38.4 Å². The predicted molar refractivity (Wildman–Crippen MR) is 181 cm³/mol. The average Bonchev–Trinajstić information content (AvgIpc) is 3.87. The van der Waals surface area contributed by atoms with Crippen LogP contribution in [0.25, 0.3) is 4.85 Å². The summed E-state index contributed by atoms with van der Waals surface area (Å²) in [6.45, 7) is 14.5. The minimum Gasteiger partial charge on any atom is -0.378 e. The van der Waals surface area contributed by atoms with Crippen LogP contribution in [0.15, 0.2) is 36.4 Å². The van der Waals surface area contributed by atoms with Gasteiger partial charge in [0.2, 0.25) is 5.91 Å². The fourth-order valence-electron chi connectivity index (χ4n) is 7.98. The molecule has 3 fully saturated rings. The lowest BCUT2D eigenvalue weighted by molar-refractivity contribution is -0.130. The number of hydrogen-bond donors (Lipinski definition) is 2. The van der Waals surface area contributed by atoms with Crippen molar-refractivity contribution in [1.82, 2.24) is 40.6 Å². The van der Waals surface area contributed by atoms with Gasteiger partial charge in [-0.05, 0) is 79.1 Å². The second-order valence-corrected chi connectivity index (χ2v) is 13.5. The molecule has 4 aliphatic rings. The molecule has 7 rings (SSSR count). The van der Waals surface area contributed by atoms with Gasteiger partial charge >= 0.3 is 6.17 Å². The summed E-state index contributed by atoms with van der Waals surface area (Å²) in [5.41, 5.74) is 4.18. The molecule has 0 spiro atoms. The molecule has 1 aromatic heterocycles. The number of nitrogens with one attached hydrogen (secondary N) is 2. The van der Waals surface area contributed by atoms with Crippen LogP contribution >= 0.6 is 0 Å². The van der Waals surface area contributed by atoms with Crippen molar-refractivity contribution < 1.29 is 23.9 Å². The highest BCUT2D eigenvalue weighted by atomic mass is 16.5. The van der Waals surface area contributed by atoms with Gasteiger partial charge in [-0.3, -0.25) is 24.1 Å². The average molecular weight is 682 g/mol. The Balaban J connectivity index is 1.28. The van der Waals surface area contributed by atoms with E-state index in [1.54, 1.807) is 4.90 Å². The van der Waals surface area contributed by atoms with E-state index in [2.05, 4.69) is 30.8 Å². The molecule has 4 heterocycles. The van der Waals surface area contributed by atoms with Gasteiger partial charge in [-0.25, -0.2) is 6.57 Å². The van der Waals surface area contributed by atoms with Crippen molar-refractivity contribution in [2.24, 2.45) is 0 Å². The van der Waals surface area contributed by atoms with Crippen molar-refractivity contribution in [2.45, 2.75) is 56.7 Å². The first kappa shape index (κ1) is 33.8. The number of nitrogens with zero attached hydrogens (tertiary/aromatic N) is 7. The molecule has 14 nitrogen and oxygen atoms in total. The number of H-pyrrole nitrogens is 1. The first-order chi connectivity index (χ1) is 24.4. The van der Waals surface area contributed by atoms with E-state index in [4.69, 9.17) is 16.0 Å². The number of morpholine rings is 2. The van der Waals surface area contributed by atoms with Crippen molar-refractivity contribution in [2.75, 3.05) is 65.7 Å². The lowest BCUT2D eigenvalue weighted by Gasteiger charge is -2.36. The number of fused-ring (bicyclic) bond motifs is 2. The van der Waals surface area contributed by atoms with E-state index < -0.39 is 11.6 Å². The molecule has 3 aromatic rings. The van der Waals surface area contributed by atoms with Crippen molar-refractivity contribution in [3.05, 3.63) is 87.0 Å². The Kier molecular flexibility index (Phi) is 9.89. The number of amides is 3. The Labute approximate surface area is 291 Å². The van der Waals surface area contributed by atoms with Gasteiger partial charge in [-0.15, -0.1) is 10.2 Å². The topological polar surface area (TPSA) is 150 Å². The zero-order valence-electron chi connectivity index (χ0n) is 28.4. The van der Waals surface area contributed by atoms with E-state index in [9.17, 15) is 14.4 Å². The Hall–Kier alpha value is -4.71. The van der Waals surface area contributed by atoms with Crippen LogP contribution in [-0.2, 0) is 32.5 Å². The third kappa shape index (κ3) is 6.48. The zero-order valence-corrected chi connectivity index (χ0v) is 28.4. The normalized spacial score (nSPS) is 20.7. The van der Waals surface area contributed by atoms with Crippen molar-refractivity contribution in [1.29, 1.82) is 0 Å². The fourth-order valence-corrected chi connectivity index (χ4v) is 7.98. The predicted octanol–water partition coefficient (Wildman–Crippen LogP) is 1.81. The Morgan fingerprint density at radius 1 is 0.940 bits per heavy atom. The second-order valence-electron chi connectivity index (χ2n) is 13.5. The van der Waals surface area contributed by atoms with Gasteiger partial charge in [-0.1, -0.05) is 17.3 Å². The number of carbonyl (C=O) groups excluding carboxylic acids is 3. The van der Waals surface area contributed by atoms with Crippen LogP contribution in [0, 0.1) is 6.57 Å². The summed E-state index contributed by atoms with van der Waals surface area (Å²) < 4.78 is 11.0. The quantitative estimate of drug-likeness (QED) is 0.340. The SMILES string of the molecule is [C-]#[N+][C@@H]1CCCN1C(=O)CN[C@@H](C)CC1(c2nn[nH]n2)c2ccc(C(=O)N3CCOCC3)cc2CCc2cc(C(=O)N3CCOCC3)ccc21. The third-order valence-corrected chi connectivity index (χ3v) is 10.5. The molecule has 0 bridgehead atoms. The number of hydrogen-bond acceptors (Lipinski definition) is 9. The largest absolute Gasteiger partial charge is 0.378 e. The number of tetrazole rings is 1. The van der Waals surface area contributed by atoms with Crippen molar-refractivity contribution in [3.8, 4) is 0 Å². The Bertz CT molecular complexity index is 1680. The van der Waals surface area contributed by atoms with Gasteiger partial charge in [0.15, 0.2) is 5.82 Å². The summed E-state index contributed by atoms with van der Waals surface area (Å²) in [4.78, 5) is 49.5. The highest BCUT2D eigenvalue weighted by Gasteiger charge is 2.46. The summed E-state index contributed by atoms with van der Waals surface area (Å²) in [6.07, 6.45) is 2.85. The minimum atomic E-state index is -0.933. The highest BCUT2D eigenvalue weighted by molar-refractivity contribution is 5.95. The van der Waals surface area contributed by atoms with Gasteiger partial charge in [0.1, 0.15) is 0 Å². The molecule has 0 saturated carbocycles. The fraction of sp³-hybridized carbons (Fsp3) is 0.528. The summed E-state index contributed by atoms with van der Waals surface area (Å²) >= 11 is 0. The van der Waals surface area contributed by atoms with E-state index in [0.29, 0.717) is 102 Å². The van der Waals surface area contributed by atoms with E-state index >= 15 is 0 Å². The molecule has 0 unspecified atom stereocenters. The molecule has 2 N–H and O–H groups in total. The molecule has 0 radical (unpaired) electrons. The van der Waals surface area contributed by atoms with Crippen LogP contribution in [0.4, 0.5) is 0 Å². The van der Waals surface area contributed by atoms with Crippen LogP contribution in [0.1, 0.15) is 75.0 Å². The number of carbonyl (C=O) groups is 3. The van der Waals surface area contributed by atoms with E-state index in [1.165, 1.54) is 0 Å². The van der Waals surface area contributed by atoms with E-state index in [0.717, 1.165) is 28.7 Å². The maximum absolute atomic E-state index is 13.6. The number of aromatic amines is 1. The Morgan fingerprint density at radius 3 is 2.04 bits per heavy atom. The maximum Gasteiger partial charge on any atom is 0.300 e. The third-order valence-electron chi connectivity index (χ3n) is 10.5. The molecule has 3 amide bonds. The number of benzene rings is 2. The summed E-state index contributed by atoms with van der Waals surface area (Å²) in [6, 6.07) is 11.6. The number of aryl methyl sites for hydroxylation is 2. The molecule has 3 saturated heterocycles. The van der Waals surface area contributed by atoms with Crippen LogP contribution in [0.2, 0.25) is 0 Å². The zero-order chi connectivity index (χ0) is 34.7. The Morgan fingerprint density at radius 2 is 1.52 bits per heavy atom. The first-order valence-corrected chi connectivity index (χ1v) is 17.5. The number of likely N-dealkylation sites (tertiary alicyclic amines) is 1. The van der Waals surface area contributed by atoms with Crippen molar-refractivity contribution >= 4 is 17.7 Å². The number of ether oxygens (including phenoxy) is 2. The lowest BCUT2D eigenvalue weighted by Crippen LogP contribution is -2.45. The van der Waals surface area contributed by atoms with Crippen LogP contribution in [0.5, 0.6) is 0 Å². The van der Waals surface area contributed by atoms with Gasteiger partial charge < -0.3 is 24.6 Å². The van der Waals surface area contributed by atoms with E-state index in [1.807, 2.05) is 53.1 Å². The highest BCUT2D eigenvalue weighted by Crippen LogP contribution is 2.47. The first-order valence-electron chi connectivity index (χ1n) is 17.5. The molecule has 262 valence electrons. The minimum absolute atomic E-state index is 0.0328. The second kappa shape index (κ2) is 14.6.